The Morgan fingerprint density at radius 1 is 0.811 bits per heavy atom. The lowest BCUT2D eigenvalue weighted by molar-refractivity contribution is -0.140. The molecule has 0 aliphatic heterocycles. The van der Waals surface area contributed by atoms with Crippen LogP contribution in [0, 0.1) is 11.3 Å². The van der Waals surface area contributed by atoms with Gasteiger partial charge >= 0.3 is 24.1 Å². The van der Waals surface area contributed by atoms with Gasteiger partial charge in [0, 0.05) is 30.5 Å². The maximum absolute atomic E-state index is 12.7. The van der Waals surface area contributed by atoms with Crippen molar-refractivity contribution in [3.8, 4) is 0 Å². The van der Waals surface area contributed by atoms with E-state index in [1.54, 1.807) is 27.7 Å². The molecule has 0 aromatic carbocycles. The maximum atomic E-state index is 12.7. The summed E-state index contributed by atoms with van der Waals surface area (Å²) in [5.74, 6) is -0.929. The van der Waals surface area contributed by atoms with Crippen LogP contribution in [0.5, 0.6) is 0 Å². The summed E-state index contributed by atoms with van der Waals surface area (Å²) >= 11 is 0. The van der Waals surface area contributed by atoms with Crippen LogP contribution in [0.2, 0.25) is 0 Å². The molecule has 0 fully saturated rings. The number of carbonyl (C=O) groups is 4. The van der Waals surface area contributed by atoms with Crippen molar-refractivity contribution >= 4 is 24.1 Å². The van der Waals surface area contributed by atoms with Crippen LogP contribution in [0.25, 0.3) is 0 Å². The highest BCUT2D eigenvalue weighted by Gasteiger charge is 2.47. The van der Waals surface area contributed by atoms with E-state index in [2.05, 4.69) is 23.8 Å². The summed E-state index contributed by atoms with van der Waals surface area (Å²) < 4.78 is 20.8. The lowest BCUT2D eigenvalue weighted by Crippen LogP contribution is -2.60. The smallest absolute Gasteiger partial charge is 0.407 e. The zero-order valence-electron chi connectivity index (χ0n) is 23.6. The van der Waals surface area contributed by atoms with Crippen LogP contribution < -0.4 is 10.6 Å². The second-order valence-electron chi connectivity index (χ2n) is 9.89. The van der Waals surface area contributed by atoms with Crippen molar-refractivity contribution in [3.63, 3.8) is 0 Å². The molecule has 0 aliphatic carbocycles. The number of hydrogen-bond donors (Lipinski definition) is 2. The summed E-state index contributed by atoms with van der Waals surface area (Å²) in [7, 11) is 0. The van der Waals surface area contributed by atoms with Gasteiger partial charge in [0.05, 0.1) is 32.0 Å². The van der Waals surface area contributed by atoms with Crippen LogP contribution in [-0.2, 0) is 28.5 Å². The minimum atomic E-state index is -0.965. The van der Waals surface area contributed by atoms with E-state index in [-0.39, 0.29) is 49.7 Å². The highest BCUT2D eigenvalue weighted by atomic mass is 16.6. The molecular weight excluding hydrogens is 480 g/mol. The molecule has 10 heteroatoms. The molecule has 37 heavy (non-hydrogen) atoms. The molecular formula is C27H46N2O8. The van der Waals surface area contributed by atoms with Crippen LogP contribution in [0.1, 0.15) is 74.1 Å². The largest absolute Gasteiger partial charge is 0.462 e. The van der Waals surface area contributed by atoms with E-state index in [0.717, 1.165) is 0 Å². The van der Waals surface area contributed by atoms with Crippen molar-refractivity contribution in [1.82, 2.24) is 10.6 Å². The Morgan fingerprint density at radius 2 is 1.27 bits per heavy atom. The molecule has 0 heterocycles. The number of hydrogen-bond acceptors (Lipinski definition) is 8. The second kappa shape index (κ2) is 16.7. The van der Waals surface area contributed by atoms with Gasteiger partial charge in [-0.05, 0) is 51.9 Å². The first-order chi connectivity index (χ1) is 17.2. The van der Waals surface area contributed by atoms with Gasteiger partial charge in [-0.15, -0.1) is 0 Å². The predicted octanol–water partition coefficient (Wildman–Crippen LogP) is 4.68. The molecule has 0 aromatic heterocycles. The molecule has 1 unspecified atom stereocenters. The monoisotopic (exact) mass is 526 g/mol. The van der Waals surface area contributed by atoms with Crippen LogP contribution in [0.3, 0.4) is 0 Å². The van der Waals surface area contributed by atoms with Gasteiger partial charge in [0.25, 0.3) is 0 Å². The molecule has 0 aliphatic rings. The van der Waals surface area contributed by atoms with E-state index in [9.17, 15) is 19.2 Å². The summed E-state index contributed by atoms with van der Waals surface area (Å²) in [5, 5.41) is 5.72. The SMILES string of the molecule is C=C(C)C(=O)OCCC(CCOC(=O)C(=C)C)(NC(=O)OCC)C(C)(C)CC(C)CCNC(=O)OCC. The van der Waals surface area contributed by atoms with E-state index in [4.69, 9.17) is 18.9 Å². The summed E-state index contributed by atoms with van der Waals surface area (Å²) in [5.41, 5.74) is -1.01. The van der Waals surface area contributed by atoms with Gasteiger partial charge in [0.1, 0.15) is 0 Å². The van der Waals surface area contributed by atoms with Gasteiger partial charge < -0.3 is 29.6 Å². The molecule has 2 amide bonds. The molecule has 0 saturated carbocycles. The Hall–Kier alpha value is -3.04. The fourth-order valence-corrected chi connectivity index (χ4v) is 4.11. The van der Waals surface area contributed by atoms with Crippen LogP contribution in [-0.4, -0.2) is 62.6 Å². The summed E-state index contributed by atoms with van der Waals surface area (Å²) in [6, 6.07) is 0. The summed E-state index contributed by atoms with van der Waals surface area (Å²) in [4.78, 5) is 48.3. The maximum Gasteiger partial charge on any atom is 0.407 e. The third-order valence-corrected chi connectivity index (χ3v) is 6.17. The fourth-order valence-electron chi connectivity index (χ4n) is 4.11. The molecule has 0 spiro atoms. The molecule has 2 N–H and O–H groups in total. The predicted molar refractivity (Wildman–Crippen MR) is 141 cm³/mol. The highest BCUT2D eigenvalue weighted by molar-refractivity contribution is 5.87. The lowest BCUT2D eigenvalue weighted by Gasteiger charge is -2.48. The molecule has 10 nitrogen and oxygen atoms in total. The number of carbonyl (C=O) groups excluding carboxylic acids is 4. The van der Waals surface area contributed by atoms with Crippen LogP contribution in [0.4, 0.5) is 9.59 Å². The van der Waals surface area contributed by atoms with Gasteiger partial charge in [-0.2, -0.15) is 0 Å². The molecule has 0 aromatic rings. The number of nitrogens with one attached hydrogen (secondary N) is 2. The molecule has 0 saturated heterocycles. The van der Waals surface area contributed by atoms with E-state index in [1.807, 2.05) is 20.8 Å². The second-order valence-corrected chi connectivity index (χ2v) is 9.89. The zero-order valence-corrected chi connectivity index (χ0v) is 23.6. The Bertz CT molecular complexity index is 774. The van der Waals surface area contributed by atoms with Crippen LogP contribution >= 0.6 is 0 Å². The molecule has 212 valence electrons. The molecule has 0 bridgehead atoms. The number of amides is 2. The Kier molecular flexibility index (Phi) is 15.3. The van der Waals surface area contributed by atoms with Crippen LogP contribution in [0.15, 0.2) is 24.3 Å². The minimum Gasteiger partial charge on any atom is -0.462 e. The number of alkyl carbamates (subject to hydrolysis) is 2. The number of ether oxygens (including phenoxy) is 4. The van der Waals surface area contributed by atoms with Crippen molar-refractivity contribution in [2.75, 3.05) is 33.0 Å². The van der Waals surface area contributed by atoms with Gasteiger partial charge in [-0.3, -0.25) is 0 Å². The van der Waals surface area contributed by atoms with E-state index in [0.29, 0.717) is 26.0 Å². The normalized spacial score (nSPS) is 12.1. The van der Waals surface area contributed by atoms with Crippen molar-refractivity contribution in [2.45, 2.75) is 79.7 Å². The Labute approximate surface area is 221 Å². The fraction of sp³-hybridized carbons (Fsp3) is 0.704. The average molecular weight is 527 g/mol. The van der Waals surface area contributed by atoms with Crippen molar-refractivity contribution in [2.24, 2.45) is 11.3 Å². The van der Waals surface area contributed by atoms with E-state index in [1.165, 1.54) is 0 Å². The number of rotatable bonds is 17. The van der Waals surface area contributed by atoms with Gasteiger partial charge in [0.15, 0.2) is 0 Å². The van der Waals surface area contributed by atoms with Gasteiger partial charge in [-0.25, -0.2) is 19.2 Å². The minimum absolute atomic E-state index is 0.00869. The molecule has 1 atom stereocenters. The highest BCUT2D eigenvalue weighted by Crippen LogP contribution is 2.42. The van der Waals surface area contributed by atoms with Gasteiger partial charge in [-0.1, -0.05) is 33.9 Å². The molecule has 0 radical (unpaired) electrons. The quantitative estimate of drug-likeness (QED) is 0.159. The lowest BCUT2D eigenvalue weighted by atomic mass is 9.64. The summed E-state index contributed by atoms with van der Waals surface area (Å²) in [6.07, 6.45) is 0.711. The van der Waals surface area contributed by atoms with Crippen molar-refractivity contribution in [1.29, 1.82) is 0 Å². The average Bonchev–Trinajstić information content (AvgIpc) is 2.78. The van der Waals surface area contributed by atoms with E-state index < -0.39 is 35.1 Å². The third-order valence-electron chi connectivity index (χ3n) is 6.17. The first-order valence-electron chi connectivity index (χ1n) is 12.7. The van der Waals surface area contributed by atoms with Crippen molar-refractivity contribution < 1.29 is 38.1 Å². The van der Waals surface area contributed by atoms with Crippen molar-refractivity contribution in [3.05, 3.63) is 24.3 Å². The topological polar surface area (TPSA) is 129 Å². The molecule has 0 rings (SSSR count). The Balaban J connectivity index is 5.88. The Morgan fingerprint density at radius 3 is 1.70 bits per heavy atom. The summed E-state index contributed by atoms with van der Waals surface area (Å²) in [6.45, 7) is 20.7. The third kappa shape index (κ3) is 12.7. The first kappa shape index (κ1) is 34.0. The number of esters is 2. The first-order valence-corrected chi connectivity index (χ1v) is 12.7. The standard InChI is InChI=1S/C27H46N2O8/c1-10-34-24(32)28-15-12-21(7)18-26(8,9)27(29-25(33)35-11-2,13-16-36-22(30)19(3)4)14-17-37-23(31)20(5)6/h21H,3,5,10-18H2,1-2,4,6-9H3,(H,28,32)(H,29,33). The van der Waals surface area contributed by atoms with E-state index >= 15 is 0 Å². The van der Waals surface area contributed by atoms with Gasteiger partial charge in [0.2, 0.25) is 0 Å². The zero-order chi connectivity index (χ0) is 28.6.